The summed E-state index contributed by atoms with van der Waals surface area (Å²) in [6.45, 7) is 0. The monoisotopic (exact) mass is 537 g/mol. The number of aryl methyl sites for hydroxylation is 1. The molecule has 0 bridgehead atoms. The zero-order valence-corrected chi connectivity index (χ0v) is 17.7. The molecule has 0 aliphatic carbocycles. The maximum atomic E-state index is 13.9. The normalized spacial score (nSPS) is 11.6. The number of hydrogen-bond donors (Lipinski definition) is 1. The second-order valence-corrected chi connectivity index (χ2v) is 7.32. The van der Waals surface area contributed by atoms with Gasteiger partial charge in [-0.05, 0) is 41.5 Å². The minimum Gasteiger partial charge on any atom is -0.321 e. The quantitative estimate of drug-likeness (QED) is 0.249. The van der Waals surface area contributed by atoms with E-state index in [2.05, 4.69) is 33.0 Å². The lowest BCUT2D eigenvalue weighted by Gasteiger charge is -2.13. The maximum Gasteiger partial charge on any atom is 0.435 e. The van der Waals surface area contributed by atoms with E-state index in [-0.39, 0.29) is 5.69 Å². The minimum absolute atomic E-state index is 0.162. The second-order valence-electron chi connectivity index (χ2n) is 6.15. The van der Waals surface area contributed by atoms with Crippen molar-refractivity contribution in [3.8, 4) is 11.1 Å². The van der Waals surface area contributed by atoms with Crippen LogP contribution in [0, 0.1) is 5.82 Å². The number of nitrogens with zero attached hydrogens (tertiary/aromatic N) is 2. The van der Waals surface area contributed by atoms with E-state index in [9.17, 15) is 22.4 Å². The Bertz CT molecular complexity index is 1080. The molecule has 1 heterocycles. The summed E-state index contributed by atoms with van der Waals surface area (Å²) in [7, 11) is 1.29. The van der Waals surface area contributed by atoms with E-state index in [0.29, 0.717) is 20.6 Å². The Morgan fingerprint density at radius 1 is 1.24 bits per heavy atom. The first-order chi connectivity index (χ1) is 13.6. The average molecular weight is 538 g/mol. The van der Waals surface area contributed by atoms with Crippen LogP contribution in [0.1, 0.15) is 21.6 Å². The summed E-state index contributed by atoms with van der Waals surface area (Å²) in [6, 6.07) is 8.64. The van der Waals surface area contributed by atoms with Crippen LogP contribution >= 0.6 is 34.2 Å². The summed E-state index contributed by atoms with van der Waals surface area (Å²) < 4.78 is 54.9. The van der Waals surface area contributed by atoms with Crippen LogP contribution in [0.2, 0.25) is 5.02 Å². The summed E-state index contributed by atoms with van der Waals surface area (Å²) in [4.78, 5) is 12.6. The average Bonchev–Trinajstić information content (AvgIpc) is 3.06. The number of alkyl halides is 4. The molecule has 3 rings (SSSR count). The largest absolute Gasteiger partial charge is 0.435 e. The molecule has 0 aliphatic heterocycles. The molecule has 0 saturated carbocycles. The Kier molecular flexibility index (Phi) is 6.18. The highest BCUT2D eigenvalue weighted by Crippen LogP contribution is 2.34. The van der Waals surface area contributed by atoms with E-state index in [4.69, 9.17) is 11.6 Å². The molecule has 0 aliphatic rings. The Hall–Kier alpha value is -2.14. The van der Waals surface area contributed by atoms with Gasteiger partial charge in [0.25, 0.3) is 5.91 Å². The third-order valence-corrected chi connectivity index (χ3v) is 5.26. The number of benzene rings is 2. The summed E-state index contributed by atoms with van der Waals surface area (Å²) in [5.74, 6) is -1.55. The first-order valence-electron chi connectivity index (χ1n) is 8.16. The highest BCUT2D eigenvalue weighted by Gasteiger charge is 2.39. The van der Waals surface area contributed by atoms with Crippen LogP contribution in [-0.4, -0.2) is 15.7 Å². The van der Waals surface area contributed by atoms with Crippen molar-refractivity contribution in [2.75, 3.05) is 5.32 Å². The fourth-order valence-corrected chi connectivity index (χ4v) is 3.80. The van der Waals surface area contributed by atoms with E-state index < -0.39 is 29.2 Å². The Morgan fingerprint density at radius 2 is 1.97 bits per heavy atom. The molecule has 0 saturated heterocycles. The number of amides is 1. The molecule has 4 nitrogen and oxygen atoms in total. The summed E-state index contributed by atoms with van der Waals surface area (Å²) >= 11 is 8.24. The number of nitrogens with one attached hydrogen (secondary N) is 1. The van der Waals surface area contributed by atoms with Crippen LogP contribution in [0.4, 0.5) is 23.2 Å². The van der Waals surface area contributed by atoms with Crippen LogP contribution in [-0.2, 0) is 17.7 Å². The Balaban J connectivity index is 2.03. The van der Waals surface area contributed by atoms with Gasteiger partial charge >= 0.3 is 6.18 Å². The molecular formula is C19H13ClF4IN3O. The van der Waals surface area contributed by atoms with Gasteiger partial charge in [0, 0.05) is 33.9 Å². The number of carbonyl (C=O) groups excluding carboxylic acids is 1. The van der Waals surface area contributed by atoms with E-state index in [1.807, 2.05) is 0 Å². The molecule has 1 N–H and O–H groups in total. The van der Waals surface area contributed by atoms with Crippen molar-refractivity contribution in [1.29, 1.82) is 0 Å². The molecule has 2 aromatic carbocycles. The van der Waals surface area contributed by atoms with Gasteiger partial charge in [-0.2, -0.15) is 18.3 Å². The molecule has 29 heavy (non-hydrogen) atoms. The van der Waals surface area contributed by atoms with Gasteiger partial charge in [-0.25, -0.2) is 4.39 Å². The first kappa shape index (κ1) is 21.6. The highest BCUT2D eigenvalue weighted by molar-refractivity contribution is 14.1. The molecule has 1 aromatic heterocycles. The fraction of sp³-hybridized carbons (Fsp3) is 0.158. The van der Waals surface area contributed by atoms with Crippen LogP contribution in [0.25, 0.3) is 11.1 Å². The van der Waals surface area contributed by atoms with Gasteiger partial charge in [0.2, 0.25) is 0 Å². The second kappa shape index (κ2) is 8.31. The van der Waals surface area contributed by atoms with Gasteiger partial charge in [0.15, 0.2) is 5.69 Å². The fourth-order valence-electron chi connectivity index (χ4n) is 2.76. The van der Waals surface area contributed by atoms with Crippen molar-refractivity contribution < 1.29 is 22.4 Å². The molecule has 0 spiro atoms. The number of anilines is 1. The Labute approximate surface area is 182 Å². The molecule has 0 unspecified atom stereocenters. The zero-order chi connectivity index (χ0) is 21.3. The number of carbonyl (C=O) groups is 1. The van der Waals surface area contributed by atoms with Crippen molar-refractivity contribution in [2.24, 2.45) is 7.05 Å². The predicted octanol–water partition coefficient (Wildman–Crippen LogP) is 6.09. The van der Waals surface area contributed by atoms with Gasteiger partial charge in [-0.15, -0.1) is 0 Å². The molecule has 3 aromatic rings. The summed E-state index contributed by atoms with van der Waals surface area (Å²) in [5.41, 5.74) is -0.0659. The molecular weight excluding hydrogens is 525 g/mol. The smallest absolute Gasteiger partial charge is 0.321 e. The first-order valence-corrected chi connectivity index (χ1v) is 10.1. The van der Waals surface area contributed by atoms with Crippen LogP contribution in [0.15, 0.2) is 42.6 Å². The topological polar surface area (TPSA) is 46.9 Å². The maximum absolute atomic E-state index is 13.9. The predicted molar refractivity (Wildman–Crippen MR) is 111 cm³/mol. The SMILES string of the molecule is Cn1cc(C(=O)Nc2ccc(F)cc2-c2ccc(Cl)c(CI)c2)c(C(F)(F)F)n1. The van der Waals surface area contributed by atoms with E-state index in [0.717, 1.165) is 22.5 Å². The zero-order valence-electron chi connectivity index (χ0n) is 14.8. The lowest BCUT2D eigenvalue weighted by Crippen LogP contribution is -2.18. The van der Waals surface area contributed by atoms with Crippen molar-refractivity contribution in [3.63, 3.8) is 0 Å². The van der Waals surface area contributed by atoms with Crippen molar-refractivity contribution in [1.82, 2.24) is 9.78 Å². The van der Waals surface area contributed by atoms with Gasteiger partial charge in [0.1, 0.15) is 5.82 Å². The van der Waals surface area contributed by atoms with Crippen LogP contribution in [0.3, 0.4) is 0 Å². The summed E-state index contributed by atoms with van der Waals surface area (Å²) in [5, 5.41) is 6.30. The molecule has 152 valence electrons. The molecule has 0 atom stereocenters. The number of hydrogen-bond acceptors (Lipinski definition) is 2. The van der Waals surface area contributed by atoms with Crippen molar-refractivity contribution in [3.05, 3.63) is 70.3 Å². The minimum atomic E-state index is -4.79. The third-order valence-electron chi connectivity index (χ3n) is 4.07. The standard InChI is InChI=1S/C19H13ClF4IN3O/c1-28-9-14(17(27-28)19(22,23)24)18(29)26-16-5-3-12(21)7-13(16)10-2-4-15(20)11(6-10)8-25/h2-7,9H,8H2,1H3,(H,26,29). The Morgan fingerprint density at radius 3 is 2.62 bits per heavy atom. The van der Waals surface area contributed by atoms with E-state index in [1.54, 1.807) is 18.2 Å². The van der Waals surface area contributed by atoms with Crippen molar-refractivity contribution >= 4 is 45.8 Å². The van der Waals surface area contributed by atoms with Gasteiger partial charge in [-0.1, -0.05) is 40.3 Å². The molecule has 1 amide bonds. The lowest BCUT2D eigenvalue weighted by atomic mass is 10.0. The van der Waals surface area contributed by atoms with E-state index >= 15 is 0 Å². The van der Waals surface area contributed by atoms with Crippen LogP contribution in [0.5, 0.6) is 0 Å². The number of halogens is 6. The number of rotatable bonds is 4. The molecule has 0 radical (unpaired) electrons. The van der Waals surface area contributed by atoms with E-state index in [1.165, 1.54) is 19.2 Å². The summed E-state index contributed by atoms with van der Waals surface area (Å²) in [6.07, 6.45) is -3.80. The van der Waals surface area contributed by atoms with Crippen LogP contribution < -0.4 is 5.32 Å². The molecule has 0 fully saturated rings. The number of aromatic nitrogens is 2. The lowest BCUT2D eigenvalue weighted by molar-refractivity contribution is -0.141. The third kappa shape index (κ3) is 4.72. The molecule has 10 heteroatoms. The van der Waals surface area contributed by atoms with Gasteiger partial charge in [0.05, 0.1) is 5.56 Å². The van der Waals surface area contributed by atoms with Crippen molar-refractivity contribution in [2.45, 2.75) is 10.6 Å². The highest BCUT2D eigenvalue weighted by atomic mass is 127. The van der Waals surface area contributed by atoms with Gasteiger partial charge < -0.3 is 5.32 Å². The van der Waals surface area contributed by atoms with Gasteiger partial charge in [-0.3, -0.25) is 9.48 Å².